The summed E-state index contributed by atoms with van der Waals surface area (Å²) in [6.45, 7) is 11.3. The van der Waals surface area contributed by atoms with Crippen LogP contribution in [0.2, 0.25) is 0 Å². The van der Waals surface area contributed by atoms with Gasteiger partial charge in [0.25, 0.3) is 0 Å². The van der Waals surface area contributed by atoms with Crippen molar-refractivity contribution < 1.29 is 28.2 Å². The van der Waals surface area contributed by atoms with Crippen LogP contribution in [0.1, 0.15) is 54.4 Å². The van der Waals surface area contributed by atoms with Crippen molar-refractivity contribution in [3.05, 3.63) is 0 Å². The molecule has 0 radical (unpaired) electrons. The number of rotatable bonds is 1. The Morgan fingerprint density at radius 2 is 1.74 bits per heavy atom. The third kappa shape index (κ3) is 5.46. The van der Waals surface area contributed by atoms with Crippen LogP contribution < -0.4 is 0 Å². The highest BCUT2D eigenvalue weighted by Gasteiger charge is 2.52. The summed E-state index contributed by atoms with van der Waals surface area (Å²) in [5.74, 6) is 0. The topological polar surface area (TPSA) is 68.3 Å². The third-order valence-electron chi connectivity index (χ3n) is 4.78. The molecule has 0 aromatic rings. The molecule has 3 atom stereocenters. The van der Waals surface area contributed by atoms with E-state index in [1.165, 1.54) is 9.80 Å². The zero-order valence-electron chi connectivity index (χ0n) is 17.5. The van der Waals surface area contributed by atoms with Crippen LogP contribution in [0, 0.1) is 0 Å². The lowest BCUT2D eigenvalue weighted by molar-refractivity contribution is -0.0982. The highest BCUT2D eigenvalue weighted by atomic mass is 19.1. The van der Waals surface area contributed by atoms with Gasteiger partial charge in [0.2, 0.25) is 0 Å². The second kappa shape index (κ2) is 7.45. The van der Waals surface area contributed by atoms with Gasteiger partial charge < -0.3 is 24.0 Å². The first-order valence-electron chi connectivity index (χ1n) is 9.44. The maximum Gasteiger partial charge on any atom is 0.410 e. The summed E-state index contributed by atoms with van der Waals surface area (Å²) >= 11 is 0. The zero-order chi connectivity index (χ0) is 20.6. The van der Waals surface area contributed by atoms with Crippen LogP contribution in [0.25, 0.3) is 0 Å². The maximum atomic E-state index is 15.0. The minimum absolute atomic E-state index is 0.0716. The van der Waals surface area contributed by atoms with Crippen LogP contribution in [-0.4, -0.2) is 77.7 Å². The Hall–Kier alpha value is -1.57. The van der Waals surface area contributed by atoms with Crippen molar-refractivity contribution in [1.82, 2.24) is 9.80 Å². The minimum Gasteiger partial charge on any atom is -0.444 e. The van der Waals surface area contributed by atoms with E-state index < -0.39 is 35.2 Å². The molecule has 2 fully saturated rings. The first kappa shape index (κ1) is 21.7. The molecule has 0 bridgehead atoms. The van der Waals surface area contributed by atoms with Crippen molar-refractivity contribution in [3.63, 3.8) is 0 Å². The summed E-state index contributed by atoms with van der Waals surface area (Å²) < 4.78 is 31.5. The molecule has 8 heteroatoms. The predicted molar refractivity (Wildman–Crippen MR) is 98.4 cm³/mol. The van der Waals surface area contributed by atoms with E-state index in [1.807, 2.05) is 0 Å². The van der Waals surface area contributed by atoms with E-state index in [-0.39, 0.29) is 19.2 Å². The van der Waals surface area contributed by atoms with Gasteiger partial charge in [0.1, 0.15) is 23.0 Å². The fourth-order valence-corrected chi connectivity index (χ4v) is 3.33. The van der Waals surface area contributed by atoms with Crippen molar-refractivity contribution >= 4 is 12.2 Å². The molecule has 0 saturated carbocycles. The molecule has 0 aliphatic carbocycles. The number of amides is 2. The van der Waals surface area contributed by atoms with Gasteiger partial charge in [-0.15, -0.1) is 0 Å². The number of carbonyl (C=O) groups excluding carboxylic acids is 2. The normalized spacial score (nSPS) is 29.0. The van der Waals surface area contributed by atoms with Gasteiger partial charge in [-0.1, -0.05) is 0 Å². The van der Waals surface area contributed by atoms with E-state index >= 15 is 0 Å². The SMILES string of the molecule is CN(C(=O)OC(C)(C)C)[C@@H]1CO[C@@]2(CCN(C(=O)OC(C)(C)C)C[C@H]2F)C1. The number of hydrogen-bond donors (Lipinski definition) is 0. The highest BCUT2D eigenvalue weighted by molar-refractivity contribution is 5.69. The molecule has 2 rings (SSSR count). The average Bonchev–Trinajstić information content (AvgIpc) is 2.91. The van der Waals surface area contributed by atoms with Crippen LogP contribution in [0.3, 0.4) is 0 Å². The summed E-state index contributed by atoms with van der Waals surface area (Å²) in [5.41, 5.74) is -2.19. The average molecular weight is 388 g/mol. The van der Waals surface area contributed by atoms with Crippen LogP contribution in [0.15, 0.2) is 0 Å². The molecule has 0 N–H and O–H groups in total. The number of hydrogen-bond acceptors (Lipinski definition) is 5. The molecule has 7 nitrogen and oxygen atoms in total. The van der Waals surface area contributed by atoms with Crippen molar-refractivity contribution in [2.75, 3.05) is 26.7 Å². The Bertz CT molecular complexity index is 571. The Kier molecular flexibility index (Phi) is 5.99. The summed E-state index contributed by atoms with van der Waals surface area (Å²) in [5, 5.41) is 0. The van der Waals surface area contributed by atoms with E-state index in [2.05, 4.69) is 0 Å². The van der Waals surface area contributed by atoms with Crippen molar-refractivity contribution in [1.29, 1.82) is 0 Å². The van der Waals surface area contributed by atoms with E-state index in [4.69, 9.17) is 14.2 Å². The van der Waals surface area contributed by atoms with Crippen LogP contribution in [-0.2, 0) is 14.2 Å². The van der Waals surface area contributed by atoms with Gasteiger partial charge in [-0.05, 0) is 48.0 Å². The molecule has 2 aliphatic rings. The first-order chi connectivity index (χ1) is 12.2. The number of alkyl halides is 1. The van der Waals surface area contributed by atoms with Crippen molar-refractivity contribution in [2.24, 2.45) is 0 Å². The molecule has 0 aromatic carbocycles. The molecular weight excluding hydrogens is 355 g/mol. The fourth-order valence-electron chi connectivity index (χ4n) is 3.33. The monoisotopic (exact) mass is 388 g/mol. The zero-order valence-corrected chi connectivity index (χ0v) is 17.5. The largest absolute Gasteiger partial charge is 0.444 e. The molecule has 1 spiro atoms. The van der Waals surface area contributed by atoms with E-state index in [0.29, 0.717) is 19.4 Å². The predicted octanol–water partition coefficient (Wildman–Crippen LogP) is 3.36. The second-order valence-corrected chi connectivity index (χ2v) is 9.47. The standard InChI is InChI=1S/C19H33FN2O5/c1-17(2,3)26-15(23)21(7)13-10-19(25-12-13)8-9-22(11-14(19)20)16(24)27-18(4,5)6/h13-14H,8-12H2,1-7H3/t13-,14+,19-/m0/s1. The molecule has 0 unspecified atom stereocenters. The van der Waals surface area contributed by atoms with Gasteiger partial charge in [-0.3, -0.25) is 0 Å². The molecule has 2 saturated heterocycles. The van der Waals surface area contributed by atoms with Gasteiger partial charge in [0.05, 0.1) is 19.2 Å². The van der Waals surface area contributed by atoms with Crippen LogP contribution >= 0.6 is 0 Å². The smallest absolute Gasteiger partial charge is 0.410 e. The number of halogens is 1. The molecule has 2 amide bonds. The summed E-state index contributed by atoms with van der Waals surface area (Å²) in [4.78, 5) is 27.3. The Morgan fingerprint density at radius 1 is 1.15 bits per heavy atom. The highest BCUT2D eigenvalue weighted by Crippen LogP contribution is 2.39. The molecule has 156 valence electrons. The Balaban J connectivity index is 1.95. The first-order valence-corrected chi connectivity index (χ1v) is 9.44. The van der Waals surface area contributed by atoms with E-state index in [9.17, 15) is 14.0 Å². The van der Waals surface area contributed by atoms with Crippen molar-refractivity contribution in [2.45, 2.75) is 83.4 Å². The number of likely N-dealkylation sites (N-methyl/N-ethyl adjacent to an activating group) is 1. The van der Waals surface area contributed by atoms with Gasteiger partial charge in [-0.25, -0.2) is 14.0 Å². The van der Waals surface area contributed by atoms with Gasteiger partial charge in [0, 0.05) is 20.0 Å². The fraction of sp³-hybridized carbons (Fsp3) is 0.895. The molecule has 0 aromatic heterocycles. The van der Waals surface area contributed by atoms with Crippen LogP contribution in [0.4, 0.5) is 14.0 Å². The molecule has 2 aliphatic heterocycles. The summed E-state index contributed by atoms with van der Waals surface area (Å²) in [6.07, 6.45) is -1.55. The molecular formula is C19H33FN2O5. The minimum atomic E-state index is -1.34. The second-order valence-electron chi connectivity index (χ2n) is 9.47. The third-order valence-corrected chi connectivity index (χ3v) is 4.78. The summed E-state index contributed by atoms with van der Waals surface area (Å²) in [6, 6.07) is -0.258. The Labute approximate surface area is 161 Å². The number of ether oxygens (including phenoxy) is 3. The number of nitrogens with zero attached hydrogens (tertiary/aromatic N) is 2. The van der Waals surface area contributed by atoms with E-state index in [0.717, 1.165) is 0 Å². The molecule has 2 heterocycles. The number of likely N-dealkylation sites (tertiary alicyclic amines) is 1. The number of carbonyl (C=O) groups is 2. The molecule has 27 heavy (non-hydrogen) atoms. The quantitative estimate of drug-likeness (QED) is 0.689. The lowest BCUT2D eigenvalue weighted by atomic mass is 9.85. The summed E-state index contributed by atoms with van der Waals surface area (Å²) in [7, 11) is 1.64. The Morgan fingerprint density at radius 3 is 2.26 bits per heavy atom. The lowest BCUT2D eigenvalue weighted by Gasteiger charge is -2.41. The van der Waals surface area contributed by atoms with Gasteiger partial charge >= 0.3 is 12.2 Å². The number of piperidine rings is 1. The maximum absolute atomic E-state index is 15.0. The lowest BCUT2D eigenvalue weighted by Crippen LogP contribution is -2.56. The van der Waals surface area contributed by atoms with Crippen LogP contribution in [0.5, 0.6) is 0 Å². The van der Waals surface area contributed by atoms with E-state index in [1.54, 1.807) is 48.6 Å². The van der Waals surface area contributed by atoms with Gasteiger partial charge in [0.15, 0.2) is 0 Å². The van der Waals surface area contributed by atoms with Crippen molar-refractivity contribution in [3.8, 4) is 0 Å². The van der Waals surface area contributed by atoms with Gasteiger partial charge in [-0.2, -0.15) is 0 Å².